The Morgan fingerprint density at radius 3 is 2.34 bits per heavy atom. The number of aldehydes is 2. The first kappa shape index (κ1) is 26.3. The van der Waals surface area contributed by atoms with Crippen LogP contribution in [0.1, 0.15) is 31.2 Å². The first-order valence-electron chi connectivity index (χ1n) is 10.2. The van der Waals surface area contributed by atoms with Crippen molar-refractivity contribution in [3.05, 3.63) is 72.4 Å². The van der Waals surface area contributed by atoms with Crippen LogP contribution in [0.15, 0.2) is 66.8 Å². The van der Waals surface area contributed by atoms with Crippen LogP contribution in [-0.4, -0.2) is 50.2 Å². The lowest BCUT2D eigenvalue weighted by Gasteiger charge is -2.24. The quantitative estimate of drug-likeness (QED) is 0.455. The fraction of sp³-hybridized carbons (Fsp3) is 0.280. The first-order valence-corrected chi connectivity index (χ1v) is 10.2. The van der Waals surface area contributed by atoms with Gasteiger partial charge in [-0.15, -0.1) is 0 Å². The number of likely N-dealkylation sites (N-methyl/N-ethyl adjacent to an activating group) is 1. The molecule has 7 nitrogen and oxygen atoms in total. The topological polar surface area (TPSA) is 84.0 Å². The van der Waals surface area contributed by atoms with Crippen LogP contribution in [0.3, 0.4) is 0 Å². The summed E-state index contributed by atoms with van der Waals surface area (Å²) in [5, 5.41) is 0.774. The summed E-state index contributed by atoms with van der Waals surface area (Å²) in [5.74, 6) is -1.11. The highest BCUT2D eigenvalue weighted by atomic mass is 16.7. The number of rotatable bonds is 8. The maximum atomic E-state index is 11.1. The number of hydrogen-bond acceptors (Lipinski definition) is 6. The predicted octanol–water partition coefficient (Wildman–Crippen LogP) is 3.68. The Kier molecular flexibility index (Phi) is 11.7. The van der Waals surface area contributed by atoms with Crippen molar-refractivity contribution >= 4 is 36.2 Å². The maximum absolute atomic E-state index is 11.1. The van der Waals surface area contributed by atoms with Gasteiger partial charge in [0.1, 0.15) is 12.6 Å². The second kappa shape index (κ2) is 14.3. The summed E-state index contributed by atoms with van der Waals surface area (Å²) in [6.45, 7) is 8.59. The molecule has 1 aliphatic rings. The highest BCUT2D eigenvalue weighted by Gasteiger charge is 2.13. The lowest BCUT2D eigenvalue weighted by Crippen LogP contribution is -2.29. The number of benzene rings is 1. The lowest BCUT2D eigenvalue weighted by atomic mass is 10.0. The second-order valence-corrected chi connectivity index (χ2v) is 6.90. The molecule has 0 N–H and O–H groups in total. The number of carbonyl (C=O) groups excluding carboxylic acids is 4. The number of amides is 1. The summed E-state index contributed by atoms with van der Waals surface area (Å²) in [4.78, 5) is 48.8. The van der Waals surface area contributed by atoms with Gasteiger partial charge in [-0.05, 0) is 22.8 Å². The average molecular weight is 439 g/mol. The van der Waals surface area contributed by atoms with E-state index >= 15 is 0 Å². The lowest BCUT2D eigenvalue weighted by molar-refractivity contribution is -0.192. The molecular weight excluding hydrogens is 408 g/mol. The van der Waals surface area contributed by atoms with E-state index in [0.717, 1.165) is 17.2 Å². The molecule has 0 saturated heterocycles. The molecule has 0 fully saturated rings. The summed E-state index contributed by atoms with van der Waals surface area (Å²) >= 11 is 0. The molecule has 1 amide bonds. The second-order valence-electron chi connectivity index (χ2n) is 6.90. The van der Waals surface area contributed by atoms with Gasteiger partial charge in [-0.2, -0.15) is 5.06 Å². The Labute approximate surface area is 189 Å². The minimum atomic E-state index is -0.649. The Morgan fingerprint density at radius 2 is 1.72 bits per heavy atom. The normalized spacial score (nSPS) is 15.5. The van der Waals surface area contributed by atoms with Crippen LogP contribution in [0, 0.1) is 0 Å². The summed E-state index contributed by atoms with van der Waals surface area (Å²) < 4.78 is 0. The van der Waals surface area contributed by atoms with E-state index in [1.807, 2.05) is 12.2 Å². The third-order valence-electron chi connectivity index (χ3n) is 4.57. The Morgan fingerprint density at radius 1 is 1.06 bits per heavy atom. The van der Waals surface area contributed by atoms with Crippen molar-refractivity contribution in [3.8, 4) is 0 Å². The molecule has 32 heavy (non-hydrogen) atoms. The van der Waals surface area contributed by atoms with Crippen LogP contribution in [0.4, 0.5) is 5.69 Å². The van der Waals surface area contributed by atoms with Crippen LogP contribution in [0.5, 0.6) is 0 Å². The van der Waals surface area contributed by atoms with Crippen LogP contribution in [-0.2, 0) is 24.0 Å². The fourth-order valence-corrected chi connectivity index (χ4v) is 2.84. The predicted molar refractivity (Wildman–Crippen MR) is 126 cm³/mol. The smallest absolute Gasteiger partial charge is 0.332 e. The van der Waals surface area contributed by atoms with E-state index in [1.165, 1.54) is 23.9 Å². The monoisotopic (exact) mass is 438 g/mol. The van der Waals surface area contributed by atoms with Crippen molar-refractivity contribution in [2.45, 2.75) is 25.7 Å². The van der Waals surface area contributed by atoms with Crippen molar-refractivity contribution in [2.75, 3.05) is 25.5 Å². The van der Waals surface area contributed by atoms with Crippen molar-refractivity contribution in [2.24, 2.45) is 0 Å². The number of para-hydroxylation sites is 1. The van der Waals surface area contributed by atoms with Crippen molar-refractivity contribution in [1.29, 1.82) is 0 Å². The van der Waals surface area contributed by atoms with Crippen LogP contribution < -0.4 is 4.90 Å². The van der Waals surface area contributed by atoms with E-state index < -0.39 is 11.9 Å². The van der Waals surface area contributed by atoms with Crippen molar-refractivity contribution in [3.63, 3.8) is 0 Å². The van der Waals surface area contributed by atoms with Gasteiger partial charge in [-0.25, -0.2) is 4.79 Å². The van der Waals surface area contributed by atoms with Crippen LogP contribution in [0.25, 0.3) is 6.08 Å². The molecule has 0 spiro atoms. The van der Waals surface area contributed by atoms with Gasteiger partial charge < -0.3 is 19.3 Å². The number of fused-ring (bicyclic) bond motifs is 1. The molecule has 0 aliphatic carbocycles. The SMILES string of the molecule is C=CC1=C(\C=C)CN(C)c2ccccc2/C=C\1.CN(OC(=O)CCC=O)C(=O)CCC=O. The van der Waals surface area contributed by atoms with Gasteiger partial charge in [-0.3, -0.25) is 4.79 Å². The highest BCUT2D eigenvalue weighted by Crippen LogP contribution is 2.25. The molecule has 0 radical (unpaired) electrons. The number of anilines is 1. The number of carbonyl (C=O) groups is 4. The third kappa shape index (κ3) is 8.55. The number of nitrogens with zero attached hydrogens (tertiary/aromatic N) is 2. The van der Waals surface area contributed by atoms with Gasteiger partial charge in [0.2, 0.25) is 0 Å². The minimum absolute atomic E-state index is 0.000953. The Bertz CT molecular complexity index is 901. The average Bonchev–Trinajstić information content (AvgIpc) is 2.80. The van der Waals surface area contributed by atoms with Crippen molar-refractivity contribution in [1.82, 2.24) is 5.06 Å². The van der Waals surface area contributed by atoms with Gasteiger partial charge in [0.25, 0.3) is 5.91 Å². The van der Waals surface area contributed by atoms with E-state index in [9.17, 15) is 19.2 Å². The molecular formula is C25H30N2O5. The number of hydrogen-bond donors (Lipinski definition) is 0. The van der Waals surface area contributed by atoms with Gasteiger partial charge in [-0.1, -0.05) is 55.7 Å². The largest absolute Gasteiger partial charge is 0.370 e. The summed E-state index contributed by atoms with van der Waals surface area (Å²) in [7, 11) is 3.38. The molecule has 0 atom stereocenters. The van der Waals surface area contributed by atoms with E-state index in [-0.39, 0.29) is 25.7 Å². The summed E-state index contributed by atoms with van der Waals surface area (Å²) in [5.41, 5.74) is 4.82. The van der Waals surface area contributed by atoms with Gasteiger partial charge in [0.05, 0.1) is 6.42 Å². The van der Waals surface area contributed by atoms with E-state index in [2.05, 4.69) is 66.4 Å². The number of allylic oxidation sites excluding steroid dienone is 3. The zero-order valence-electron chi connectivity index (χ0n) is 18.7. The number of hydroxylamine groups is 2. The first-order chi connectivity index (χ1) is 15.4. The Balaban J connectivity index is 0.000000324. The van der Waals surface area contributed by atoms with Gasteiger partial charge >= 0.3 is 5.97 Å². The molecule has 0 aromatic heterocycles. The molecule has 0 saturated carbocycles. The summed E-state index contributed by atoms with van der Waals surface area (Å²) in [6, 6.07) is 8.39. The van der Waals surface area contributed by atoms with E-state index in [4.69, 9.17) is 0 Å². The molecule has 1 aromatic rings. The molecule has 7 heteroatoms. The molecule has 0 unspecified atom stereocenters. The zero-order valence-corrected chi connectivity index (χ0v) is 18.7. The standard InChI is InChI=1S/C16H17N.C9H13NO5/c1-4-13-10-11-15-8-6-7-9-16(15)17(3)12-14(13)5-2;1-10(8(13)4-2-6-11)15-9(14)5-3-7-12/h4-11H,1-2,12H2,3H3;6-7H,2-5H2,1H3/b11-10-,14-13-;. The molecule has 2 rings (SSSR count). The molecule has 1 aliphatic heterocycles. The van der Waals surface area contributed by atoms with Crippen molar-refractivity contribution < 1.29 is 24.0 Å². The highest BCUT2D eigenvalue weighted by molar-refractivity contribution is 5.80. The molecule has 0 bridgehead atoms. The van der Waals surface area contributed by atoms with Crippen LogP contribution >= 0.6 is 0 Å². The Hall–Kier alpha value is -3.74. The maximum Gasteiger partial charge on any atom is 0.332 e. The summed E-state index contributed by atoms with van der Waals surface area (Å²) in [6.07, 6.45) is 9.33. The molecule has 1 aromatic carbocycles. The van der Waals surface area contributed by atoms with E-state index in [1.54, 1.807) is 0 Å². The minimum Gasteiger partial charge on any atom is -0.370 e. The molecule has 1 heterocycles. The zero-order chi connectivity index (χ0) is 23.9. The third-order valence-corrected chi connectivity index (χ3v) is 4.57. The van der Waals surface area contributed by atoms with Gasteiger partial charge in [0.15, 0.2) is 0 Å². The van der Waals surface area contributed by atoms with Gasteiger partial charge in [0, 0.05) is 45.6 Å². The van der Waals surface area contributed by atoms with E-state index in [0.29, 0.717) is 12.6 Å². The molecule has 170 valence electrons. The van der Waals surface area contributed by atoms with Crippen LogP contribution in [0.2, 0.25) is 0 Å². The fourth-order valence-electron chi connectivity index (χ4n) is 2.84.